The quantitative estimate of drug-likeness (QED) is 0.622. The molecule has 0 aromatic heterocycles. The third kappa shape index (κ3) is 1.60. The van der Waals surface area contributed by atoms with Crippen LogP contribution in [0.3, 0.4) is 0 Å². The highest BCUT2D eigenvalue weighted by molar-refractivity contribution is 5.40. The Labute approximate surface area is 104 Å². The van der Waals surface area contributed by atoms with Crippen molar-refractivity contribution in [2.45, 2.75) is 55.3 Å². The summed E-state index contributed by atoms with van der Waals surface area (Å²) in [6.45, 7) is -0.336. The Morgan fingerprint density at radius 2 is 1.95 bits per heavy atom. The lowest BCUT2D eigenvalue weighted by Gasteiger charge is -2.39. The number of hydrogen-bond acceptors (Lipinski definition) is 4. The van der Waals surface area contributed by atoms with Crippen molar-refractivity contribution in [3.8, 4) is 0 Å². The van der Waals surface area contributed by atoms with Gasteiger partial charge in [0.25, 0.3) is 6.47 Å². The average molecular weight is 290 g/mol. The maximum Gasteiger partial charge on any atom is 0.449 e. The van der Waals surface area contributed by atoms with E-state index in [0.717, 1.165) is 0 Å². The summed E-state index contributed by atoms with van der Waals surface area (Å²) >= 11 is 0. The van der Waals surface area contributed by atoms with E-state index in [1.54, 1.807) is 0 Å². The van der Waals surface area contributed by atoms with Crippen molar-refractivity contribution in [2.75, 3.05) is 0 Å². The van der Waals surface area contributed by atoms with E-state index in [1.165, 1.54) is 0 Å². The van der Waals surface area contributed by atoms with Crippen LogP contribution < -0.4 is 0 Å². The van der Waals surface area contributed by atoms with Gasteiger partial charge in [-0.15, -0.1) is 0 Å². The highest BCUT2D eigenvalue weighted by Crippen LogP contribution is 2.60. The summed E-state index contributed by atoms with van der Waals surface area (Å²) in [6, 6.07) is 0. The largest absolute Gasteiger partial charge is 0.452 e. The SMILES string of the molecule is O=COC12CCCCC1OC(O)(C(F)(F)F)C2(F)F. The minimum absolute atomic E-state index is 0.150. The minimum atomic E-state index is -5.70. The molecule has 0 bridgehead atoms. The predicted octanol–water partition coefficient (Wildman–Crippen LogP) is 1.76. The first-order valence-electron chi connectivity index (χ1n) is 5.58. The number of ether oxygens (including phenoxy) is 2. The minimum Gasteiger partial charge on any atom is -0.452 e. The number of hydrogen-bond donors (Lipinski definition) is 1. The second kappa shape index (κ2) is 4.02. The Bertz CT molecular complexity index is 385. The van der Waals surface area contributed by atoms with Crippen molar-refractivity contribution < 1.29 is 41.3 Å². The summed E-state index contributed by atoms with van der Waals surface area (Å²) < 4.78 is 74.7. The van der Waals surface area contributed by atoms with Crippen molar-refractivity contribution in [2.24, 2.45) is 0 Å². The second-order valence-electron chi connectivity index (χ2n) is 4.67. The predicted molar refractivity (Wildman–Crippen MR) is 49.2 cm³/mol. The molecule has 0 aromatic carbocycles. The number of carbonyl (C=O) groups excluding carboxylic acids is 1. The van der Waals surface area contributed by atoms with Crippen molar-refractivity contribution in [3.05, 3.63) is 0 Å². The molecule has 1 aliphatic heterocycles. The van der Waals surface area contributed by atoms with Gasteiger partial charge >= 0.3 is 17.9 Å². The molecule has 4 nitrogen and oxygen atoms in total. The first-order chi connectivity index (χ1) is 8.62. The molecule has 1 N–H and O–H groups in total. The summed E-state index contributed by atoms with van der Waals surface area (Å²) in [7, 11) is 0. The molecule has 110 valence electrons. The van der Waals surface area contributed by atoms with Gasteiger partial charge in [-0.05, 0) is 19.3 Å². The van der Waals surface area contributed by atoms with E-state index in [-0.39, 0.29) is 19.3 Å². The molecule has 1 saturated heterocycles. The third-order valence-electron chi connectivity index (χ3n) is 3.70. The van der Waals surface area contributed by atoms with E-state index >= 15 is 0 Å². The second-order valence-corrected chi connectivity index (χ2v) is 4.67. The van der Waals surface area contributed by atoms with Gasteiger partial charge in [0.15, 0.2) is 0 Å². The number of halogens is 5. The highest BCUT2D eigenvalue weighted by Gasteiger charge is 2.86. The molecule has 19 heavy (non-hydrogen) atoms. The van der Waals surface area contributed by atoms with E-state index in [2.05, 4.69) is 9.47 Å². The molecule has 0 aromatic rings. The number of alkyl halides is 5. The van der Waals surface area contributed by atoms with Gasteiger partial charge in [0.1, 0.15) is 6.10 Å². The van der Waals surface area contributed by atoms with Gasteiger partial charge in [0, 0.05) is 0 Å². The lowest BCUT2D eigenvalue weighted by molar-refractivity contribution is -0.412. The smallest absolute Gasteiger partial charge is 0.449 e. The topological polar surface area (TPSA) is 55.8 Å². The van der Waals surface area contributed by atoms with Gasteiger partial charge in [-0.25, -0.2) is 0 Å². The molecule has 2 rings (SSSR count). The molecule has 1 saturated carbocycles. The maximum atomic E-state index is 14.1. The van der Waals surface area contributed by atoms with Crippen LogP contribution in [0.1, 0.15) is 25.7 Å². The molecule has 1 heterocycles. The Morgan fingerprint density at radius 3 is 2.47 bits per heavy atom. The van der Waals surface area contributed by atoms with Crippen LogP contribution in [0.5, 0.6) is 0 Å². The monoisotopic (exact) mass is 290 g/mol. The summed E-state index contributed by atoms with van der Waals surface area (Å²) in [4.78, 5) is 10.4. The molecule has 3 atom stereocenters. The highest BCUT2D eigenvalue weighted by atomic mass is 19.4. The van der Waals surface area contributed by atoms with E-state index in [9.17, 15) is 31.9 Å². The van der Waals surface area contributed by atoms with Crippen molar-refractivity contribution >= 4 is 6.47 Å². The van der Waals surface area contributed by atoms with Gasteiger partial charge in [0.05, 0.1) is 0 Å². The fourth-order valence-electron chi connectivity index (χ4n) is 2.73. The van der Waals surface area contributed by atoms with E-state index in [0.29, 0.717) is 6.42 Å². The van der Waals surface area contributed by atoms with E-state index < -0.39 is 36.0 Å². The zero-order valence-corrected chi connectivity index (χ0v) is 9.54. The first-order valence-corrected chi connectivity index (χ1v) is 5.58. The summed E-state index contributed by atoms with van der Waals surface area (Å²) in [5.41, 5.74) is -2.77. The van der Waals surface area contributed by atoms with E-state index in [1.807, 2.05) is 0 Å². The Morgan fingerprint density at radius 1 is 1.32 bits per heavy atom. The Hall–Kier alpha value is -0.960. The molecular formula is C10H11F5O4. The zero-order chi connectivity index (χ0) is 14.5. The van der Waals surface area contributed by atoms with Crippen LogP contribution in [0.2, 0.25) is 0 Å². The number of carbonyl (C=O) groups is 1. The standard InChI is InChI=1S/C10H11F5O4/c11-8(12)7(18-5-16)4-2-1-3-6(7)19-9(8,17)10(13,14)15/h5-6,17H,1-4H2. The fourth-order valence-corrected chi connectivity index (χ4v) is 2.73. The van der Waals surface area contributed by atoms with Crippen LogP contribution in [-0.2, 0) is 14.3 Å². The number of rotatable bonds is 2. The molecule has 0 spiro atoms. The molecule has 9 heteroatoms. The van der Waals surface area contributed by atoms with Crippen molar-refractivity contribution in [1.82, 2.24) is 0 Å². The lowest BCUT2D eigenvalue weighted by atomic mass is 9.77. The van der Waals surface area contributed by atoms with Crippen LogP contribution in [0, 0.1) is 0 Å². The Kier molecular flexibility index (Phi) is 3.05. The van der Waals surface area contributed by atoms with Gasteiger partial charge in [-0.1, -0.05) is 6.42 Å². The fraction of sp³-hybridized carbons (Fsp3) is 0.900. The van der Waals surface area contributed by atoms with Crippen LogP contribution in [0.15, 0.2) is 0 Å². The molecule has 2 fully saturated rings. The Balaban J connectivity index is 2.53. The van der Waals surface area contributed by atoms with Crippen LogP contribution in [0.25, 0.3) is 0 Å². The molecule has 3 unspecified atom stereocenters. The number of aliphatic hydroxyl groups is 1. The molecule has 1 aliphatic carbocycles. The molecular weight excluding hydrogens is 279 g/mol. The average Bonchev–Trinajstić information content (AvgIpc) is 2.47. The van der Waals surface area contributed by atoms with Gasteiger partial charge < -0.3 is 14.6 Å². The summed E-state index contributed by atoms with van der Waals surface area (Å²) in [5.74, 6) is -9.41. The van der Waals surface area contributed by atoms with Crippen LogP contribution >= 0.6 is 0 Å². The van der Waals surface area contributed by atoms with Gasteiger partial charge in [-0.2, -0.15) is 22.0 Å². The zero-order valence-electron chi connectivity index (χ0n) is 9.54. The summed E-state index contributed by atoms with van der Waals surface area (Å²) in [5, 5.41) is 9.29. The molecule has 2 aliphatic rings. The van der Waals surface area contributed by atoms with Crippen LogP contribution in [0.4, 0.5) is 22.0 Å². The molecule has 0 radical (unpaired) electrons. The van der Waals surface area contributed by atoms with E-state index in [4.69, 9.17) is 0 Å². The first kappa shape index (κ1) is 14.4. The maximum absolute atomic E-state index is 14.1. The summed E-state index contributed by atoms with van der Waals surface area (Å²) in [6.07, 6.45) is -7.54. The lowest BCUT2D eigenvalue weighted by Crippen LogP contribution is -2.64. The third-order valence-corrected chi connectivity index (χ3v) is 3.70. The number of fused-ring (bicyclic) bond motifs is 1. The molecule has 0 amide bonds. The van der Waals surface area contributed by atoms with Crippen molar-refractivity contribution in [3.63, 3.8) is 0 Å². The van der Waals surface area contributed by atoms with Crippen LogP contribution in [-0.4, -0.2) is 41.2 Å². The normalized spacial score (nSPS) is 41.7. The van der Waals surface area contributed by atoms with Gasteiger partial charge in [0.2, 0.25) is 5.60 Å². The van der Waals surface area contributed by atoms with Gasteiger partial charge in [-0.3, -0.25) is 4.79 Å². The van der Waals surface area contributed by atoms with Crippen molar-refractivity contribution in [1.29, 1.82) is 0 Å².